The predicted octanol–water partition coefficient (Wildman–Crippen LogP) is 0.875. The number of H-pyrrole nitrogens is 1. The van der Waals surface area contributed by atoms with Crippen molar-refractivity contribution in [1.29, 1.82) is 0 Å². The van der Waals surface area contributed by atoms with Gasteiger partial charge in [0.2, 0.25) is 0 Å². The molecule has 0 aromatic carbocycles. The molecule has 1 aliphatic carbocycles. The number of benzene rings is 1. The van der Waals surface area contributed by atoms with E-state index in [9.17, 15) is 4.79 Å². The van der Waals surface area contributed by atoms with Gasteiger partial charge in [-0.15, -0.1) is 0 Å². The summed E-state index contributed by atoms with van der Waals surface area (Å²) in [5, 5.41) is 6.53. The highest BCUT2D eigenvalue weighted by molar-refractivity contribution is 5.58. The molecule has 2 rings (SSSR count). The first-order valence-electron chi connectivity index (χ1n) is 3.30. The third kappa shape index (κ3) is 0.902. The molecule has 0 amide bonds. The van der Waals surface area contributed by atoms with Gasteiger partial charge >= 0.3 is 0 Å². The van der Waals surface area contributed by atoms with Crippen LogP contribution >= 0.6 is 0 Å². The smallest absolute Gasteiger partial charge is 0.188 e. The maximum Gasteiger partial charge on any atom is 0.188 e. The molecule has 0 saturated heterocycles. The molecule has 0 aromatic heterocycles. The molecule has 0 fully saturated rings. The van der Waals surface area contributed by atoms with E-state index >= 15 is 0 Å². The summed E-state index contributed by atoms with van der Waals surface area (Å²) in [7, 11) is 0. The minimum absolute atomic E-state index is 0.0288. The molecule has 11 heavy (non-hydrogen) atoms. The third-order valence-electron chi connectivity index (χ3n) is 1.57. The van der Waals surface area contributed by atoms with Crippen molar-refractivity contribution in [2.24, 2.45) is 0 Å². The number of nitrogens with one attached hydrogen (secondary N) is 1. The number of hydrogen-bond donors (Lipinski definition) is 1. The third-order valence-corrected chi connectivity index (χ3v) is 1.57. The van der Waals surface area contributed by atoms with Crippen molar-refractivity contribution in [3.05, 3.63) is 40.7 Å². The number of aromatic amines is 1. The highest BCUT2D eigenvalue weighted by Gasteiger charge is 2.01. The minimum atomic E-state index is 0.0288. The van der Waals surface area contributed by atoms with Crippen LogP contribution in [0.1, 0.15) is 0 Å². The summed E-state index contributed by atoms with van der Waals surface area (Å²) in [6.45, 7) is 0. The quantitative estimate of drug-likeness (QED) is 0.599. The fourth-order valence-electron chi connectivity index (χ4n) is 1.03. The molecule has 0 unspecified atom stereocenters. The lowest BCUT2D eigenvalue weighted by molar-refractivity contribution is 1.03. The Morgan fingerprint density at radius 1 is 1.27 bits per heavy atom. The van der Waals surface area contributed by atoms with Crippen LogP contribution in [-0.2, 0) is 0 Å². The Bertz CT molecular complexity index is 394. The van der Waals surface area contributed by atoms with E-state index in [0.29, 0.717) is 5.56 Å². The molecule has 1 aliphatic heterocycles. The molecule has 1 N–H and O–H groups in total. The van der Waals surface area contributed by atoms with E-state index in [1.807, 2.05) is 6.07 Å². The molecule has 0 bridgehead atoms. The largest absolute Gasteiger partial charge is 0.289 e. The van der Waals surface area contributed by atoms with E-state index in [1.54, 1.807) is 18.3 Å². The molecule has 3 nitrogen and oxygen atoms in total. The summed E-state index contributed by atoms with van der Waals surface area (Å²) in [6, 6.07) is 6.77. The second kappa shape index (κ2) is 2.20. The molecule has 3 heteroatoms. The van der Waals surface area contributed by atoms with Gasteiger partial charge in [0.15, 0.2) is 5.43 Å². The Labute approximate surface area is 63.0 Å². The molecule has 54 valence electrons. The number of aromatic nitrogens is 2. The fraction of sp³-hybridized carbons (Fsp3) is 0. The van der Waals surface area contributed by atoms with Crippen molar-refractivity contribution >= 4 is 0 Å². The first kappa shape index (κ1) is 6.09. The zero-order chi connectivity index (χ0) is 7.68. The predicted molar refractivity (Wildman–Crippen MR) is 41.5 cm³/mol. The van der Waals surface area contributed by atoms with Crippen LogP contribution in [0.5, 0.6) is 0 Å². The lowest BCUT2D eigenvalue weighted by Gasteiger charge is -1.99. The summed E-state index contributed by atoms with van der Waals surface area (Å²) >= 11 is 0. The summed E-state index contributed by atoms with van der Waals surface area (Å²) in [6.07, 6.45) is 1.57. The van der Waals surface area contributed by atoms with Gasteiger partial charge in [0.05, 0.1) is 5.69 Å². The van der Waals surface area contributed by atoms with Gasteiger partial charge in [-0.3, -0.25) is 9.89 Å². The van der Waals surface area contributed by atoms with Crippen LogP contribution in [0.15, 0.2) is 35.3 Å². The Morgan fingerprint density at radius 2 is 2.18 bits per heavy atom. The lowest BCUT2D eigenvalue weighted by atomic mass is 10.1. The van der Waals surface area contributed by atoms with E-state index in [1.165, 1.54) is 6.07 Å². The van der Waals surface area contributed by atoms with Gasteiger partial charge in [-0.05, 0) is 18.2 Å². The van der Waals surface area contributed by atoms with Crippen molar-refractivity contribution < 1.29 is 0 Å². The van der Waals surface area contributed by atoms with Crippen LogP contribution in [-0.4, -0.2) is 10.2 Å². The van der Waals surface area contributed by atoms with E-state index in [4.69, 9.17) is 0 Å². The van der Waals surface area contributed by atoms with Crippen molar-refractivity contribution in [3.63, 3.8) is 0 Å². The Morgan fingerprint density at radius 3 is 3.00 bits per heavy atom. The molecule has 0 aromatic rings. The van der Waals surface area contributed by atoms with Crippen LogP contribution < -0.4 is 5.43 Å². The molecule has 2 aliphatic rings. The number of nitrogens with zero attached hydrogens (tertiary/aromatic N) is 1. The van der Waals surface area contributed by atoms with Gasteiger partial charge in [0, 0.05) is 11.8 Å². The van der Waals surface area contributed by atoms with Crippen molar-refractivity contribution in [2.45, 2.75) is 0 Å². The first-order valence-corrected chi connectivity index (χ1v) is 3.30. The molecule has 0 radical (unpaired) electrons. The zero-order valence-electron chi connectivity index (χ0n) is 5.74. The number of hydrogen-bond acceptors (Lipinski definition) is 2. The van der Waals surface area contributed by atoms with E-state index in [2.05, 4.69) is 10.2 Å². The van der Waals surface area contributed by atoms with E-state index in [-0.39, 0.29) is 5.43 Å². The van der Waals surface area contributed by atoms with Gasteiger partial charge in [0.1, 0.15) is 0 Å². The van der Waals surface area contributed by atoms with Crippen molar-refractivity contribution in [1.82, 2.24) is 10.2 Å². The minimum Gasteiger partial charge on any atom is -0.289 e. The summed E-state index contributed by atoms with van der Waals surface area (Å²) in [5.74, 6) is 0. The summed E-state index contributed by atoms with van der Waals surface area (Å²) < 4.78 is 0. The highest BCUT2D eigenvalue weighted by Crippen LogP contribution is 2.09. The standard InChI is InChI=1S/C8H6N2O/c11-8-3-1-2-7-6(8)4-5-9-10-7/h1-5,10H. The van der Waals surface area contributed by atoms with Crippen LogP contribution in [0.25, 0.3) is 11.3 Å². The molecule has 0 saturated carbocycles. The summed E-state index contributed by atoms with van der Waals surface area (Å²) in [5.41, 5.74) is 1.49. The number of fused-ring (bicyclic) bond motifs is 1. The van der Waals surface area contributed by atoms with Crippen molar-refractivity contribution in [2.75, 3.05) is 0 Å². The number of rotatable bonds is 0. The van der Waals surface area contributed by atoms with Gasteiger partial charge in [-0.1, -0.05) is 6.07 Å². The second-order valence-electron chi connectivity index (χ2n) is 2.27. The Kier molecular flexibility index (Phi) is 1.22. The zero-order valence-corrected chi connectivity index (χ0v) is 5.74. The topological polar surface area (TPSA) is 45.8 Å². The van der Waals surface area contributed by atoms with Crippen LogP contribution in [0, 0.1) is 0 Å². The fourth-order valence-corrected chi connectivity index (χ4v) is 1.03. The maximum atomic E-state index is 11.1. The second-order valence-corrected chi connectivity index (χ2v) is 2.27. The summed E-state index contributed by atoms with van der Waals surface area (Å²) in [4.78, 5) is 11.1. The monoisotopic (exact) mass is 146 g/mol. The highest BCUT2D eigenvalue weighted by atomic mass is 16.1. The average Bonchev–Trinajstić information content (AvgIpc) is 2.06. The van der Waals surface area contributed by atoms with E-state index in [0.717, 1.165) is 5.69 Å². The first-order chi connectivity index (χ1) is 5.38. The average molecular weight is 146 g/mol. The van der Waals surface area contributed by atoms with Crippen molar-refractivity contribution in [3.8, 4) is 11.3 Å². The molecule has 0 atom stereocenters. The van der Waals surface area contributed by atoms with Crippen LogP contribution in [0.4, 0.5) is 0 Å². The van der Waals surface area contributed by atoms with E-state index < -0.39 is 0 Å². The molecule has 0 spiro atoms. The molecular formula is C8H6N2O. The lowest BCUT2D eigenvalue weighted by Crippen LogP contribution is -2.04. The van der Waals surface area contributed by atoms with Gasteiger partial charge in [-0.25, -0.2) is 0 Å². The van der Waals surface area contributed by atoms with Crippen LogP contribution in [0.2, 0.25) is 0 Å². The van der Waals surface area contributed by atoms with Crippen LogP contribution in [0.3, 0.4) is 0 Å². The van der Waals surface area contributed by atoms with Gasteiger partial charge in [-0.2, -0.15) is 5.10 Å². The Balaban J connectivity index is 2.90. The maximum absolute atomic E-state index is 11.1. The molecular weight excluding hydrogens is 140 g/mol. The van der Waals surface area contributed by atoms with Gasteiger partial charge < -0.3 is 0 Å². The SMILES string of the molecule is O=c1cccc2[nH]nccc1-2. The normalized spacial score (nSPS) is 10.2. The van der Waals surface area contributed by atoms with Gasteiger partial charge in [0.25, 0.3) is 0 Å². The Hall–Kier alpha value is -1.64. The molecule has 1 heterocycles.